The summed E-state index contributed by atoms with van der Waals surface area (Å²) in [6.45, 7) is 0.615. The summed E-state index contributed by atoms with van der Waals surface area (Å²) in [5.74, 6) is -2.83. The molecule has 1 unspecified atom stereocenters. The van der Waals surface area contributed by atoms with E-state index in [1.165, 1.54) is 31.2 Å². The van der Waals surface area contributed by atoms with Crippen LogP contribution in [0.25, 0.3) is 5.53 Å². The van der Waals surface area contributed by atoms with E-state index >= 15 is 0 Å². The van der Waals surface area contributed by atoms with Crippen LogP contribution >= 0.6 is 11.8 Å². The molecule has 1 fully saturated rings. The molecule has 2 aromatic carbocycles. The molecule has 0 bridgehead atoms. The Morgan fingerprint density at radius 1 is 1.12 bits per heavy atom. The number of rotatable bonds is 11. The Kier molecular flexibility index (Phi) is 9.12. The summed E-state index contributed by atoms with van der Waals surface area (Å²) in [5.41, 5.74) is 10.3. The van der Waals surface area contributed by atoms with Gasteiger partial charge in [0.2, 0.25) is 11.7 Å². The third-order valence-corrected chi connectivity index (χ3v) is 7.29. The number of thioether (sulfide) groups is 1. The second-order valence-corrected chi connectivity index (χ2v) is 9.76. The van der Waals surface area contributed by atoms with Gasteiger partial charge in [0.05, 0.1) is 4.92 Å². The van der Waals surface area contributed by atoms with Crippen LogP contribution < -0.4 is 0 Å². The monoisotopic (exact) mass is 582 g/mol. The normalized spacial score (nSPS) is 18.3. The maximum Gasteiger partial charge on any atom is 0.508 e. The highest BCUT2D eigenvalue weighted by Gasteiger charge is 2.60. The summed E-state index contributed by atoms with van der Waals surface area (Å²) < 4.78 is 21.1. The largest absolute Gasteiger partial charge is 0.508 e. The molecule has 2 aliphatic rings. The third-order valence-electron chi connectivity index (χ3n) is 6.05. The first-order valence-corrected chi connectivity index (χ1v) is 12.9. The molecule has 2 aliphatic heterocycles. The predicted molar refractivity (Wildman–Crippen MR) is 139 cm³/mol. The van der Waals surface area contributed by atoms with Gasteiger partial charge < -0.3 is 24.5 Å². The predicted octanol–water partition coefficient (Wildman–Crippen LogP) is 2.97. The Bertz CT molecular complexity index is 1440. The van der Waals surface area contributed by atoms with Crippen molar-refractivity contribution in [2.75, 3.05) is 6.61 Å². The maximum absolute atomic E-state index is 13.2. The van der Waals surface area contributed by atoms with E-state index in [9.17, 15) is 34.8 Å². The van der Waals surface area contributed by atoms with E-state index in [1.807, 2.05) is 0 Å². The van der Waals surface area contributed by atoms with Gasteiger partial charge in [0.15, 0.2) is 12.0 Å². The number of β-lactam (4-membered cyclic amide) rings is 1. The van der Waals surface area contributed by atoms with E-state index < -0.39 is 47.0 Å². The molecule has 2 aromatic rings. The lowest BCUT2D eigenvalue weighted by Gasteiger charge is -2.49. The van der Waals surface area contributed by atoms with Crippen LogP contribution in [0.3, 0.4) is 0 Å². The number of nitro groups is 1. The van der Waals surface area contributed by atoms with Crippen LogP contribution in [0.1, 0.15) is 18.1 Å². The van der Waals surface area contributed by atoms with Crippen LogP contribution in [-0.4, -0.2) is 62.1 Å². The Balaban J connectivity index is 1.46. The van der Waals surface area contributed by atoms with Crippen molar-refractivity contribution in [2.24, 2.45) is 5.92 Å². The van der Waals surface area contributed by atoms with Crippen LogP contribution in [0.15, 0.2) is 66.1 Å². The topological polar surface area (TPSA) is 188 Å². The fraction of sp³-hybridized carbons (Fsp3) is 0.269. The van der Waals surface area contributed by atoms with E-state index in [0.717, 1.165) is 16.7 Å². The van der Waals surface area contributed by atoms with Gasteiger partial charge in [0.1, 0.15) is 37.2 Å². The smallest absolute Gasteiger partial charge is 0.476 e. The molecule has 41 heavy (non-hydrogen) atoms. The fourth-order valence-electron chi connectivity index (χ4n) is 4.08. The highest BCUT2D eigenvalue weighted by molar-refractivity contribution is 8.14. The summed E-state index contributed by atoms with van der Waals surface area (Å²) >= 11 is 0.868. The van der Waals surface area contributed by atoms with Crippen molar-refractivity contribution in [3.05, 3.63) is 92.8 Å². The molecule has 0 aliphatic carbocycles. The molecular formula is C26H22N4O10S. The van der Waals surface area contributed by atoms with E-state index in [1.54, 1.807) is 30.3 Å². The number of nitrogens with zero attached hydrogens (tertiary/aromatic N) is 4. The van der Waals surface area contributed by atoms with Crippen LogP contribution in [0, 0.1) is 16.0 Å². The highest BCUT2D eigenvalue weighted by Crippen LogP contribution is 2.46. The maximum atomic E-state index is 13.2. The fourth-order valence-corrected chi connectivity index (χ4v) is 5.41. The SMILES string of the molecule is CC(OC(=O)OCc1ccc([N+](=O)[O-])cc1)[C@H]1C(=O)N2C(C(=O)OCc3ccccc3)=C(OCC=O)C(=[N+]=[N-])S[C@@H]12. The Hall–Kier alpha value is -5.01. The summed E-state index contributed by atoms with van der Waals surface area (Å²) in [6.07, 6.45) is -1.70. The molecule has 212 valence electrons. The average molecular weight is 583 g/mol. The standard InChI is InChI=1S/C26H22N4O10S/c1-15(40-26(34)39-14-17-7-9-18(10-8-17)30(35)36)19-23(32)29-20(25(33)38-13-16-5-3-2-4-6-16)21(37-12-11-31)22(28-27)41-24(19)29/h2-11,15,19,24H,12-14H2,1H3/t15?,19-,24-/m0/s1. The van der Waals surface area contributed by atoms with Gasteiger partial charge >= 0.3 is 17.2 Å². The molecule has 0 N–H and O–H groups in total. The Labute approximate surface area is 236 Å². The Morgan fingerprint density at radius 2 is 1.78 bits per heavy atom. The molecule has 0 saturated carbocycles. The molecule has 14 nitrogen and oxygen atoms in total. The molecule has 1 saturated heterocycles. The van der Waals surface area contributed by atoms with Crippen LogP contribution in [0.5, 0.6) is 0 Å². The molecule has 3 atom stereocenters. The van der Waals surface area contributed by atoms with E-state index in [4.69, 9.17) is 18.9 Å². The van der Waals surface area contributed by atoms with Crippen molar-refractivity contribution in [3.8, 4) is 0 Å². The van der Waals surface area contributed by atoms with Gasteiger partial charge in [-0.3, -0.25) is 24.6 Å². The van der Waals surface area contributed by atoms with Crippen molar-refractivity contribution in [3.63, 3.8) is 0 Å². The van der Waals surface area contributed by atoms with Crippen molar-refractivity contribution < 1.29 is 47.8 Å². The first-order valence-electron chi connectivity index (χ1n) is 12.1. The first kappa shape index (κ1) is 29.0. The molecule has 2 heterocycles. The van der Waals surface area contributed by atoms with Gasteiger partial charge in [-0.15, -0.1) is 0 Å². The van der Waals surface area contributed by atoms with Gasteiger partial charge in [0.25, 0.3) is 5.69 Å². The van der Waals surface area contributed by atoms with Crippen molar-refractivity contribution in [1.29, 1.82) is 0 Å². The zero-order valence-electron chi connectivity index (χ0n) is 21.4. The third kappa shape index (κ3) is 6.42. The minimum atomic E-state index is -1.09. The summed E-state index contributed by atoms with van der Waals surface area (Å²) in [6, 6.07) is 14.1. The van der Waals surface area contributed by atoms with Crippen LogP contribution in [-0.2, 0) is 46.5 Å². The molecule has 0 radical (unpaired) electrons. The minimum Gasteiger partial charge on any atom is -0.476 e. The summed E-state index contributed by atoms with van der Waals surface area (Å²) in [7, 11) is 0. The van der Waals surface area contributed by atoms with Gasteiger partial charge in [-0.05, 0) is 41.9 Å². The number of aldehydes is 1. The number of esters is 1. The number of ether oxygens (including phenoxy) is 4. The number of hydrogen-bond acceptors (Lipinski definition) is 11. The highest BCUT2D eigenvalue weighted by atomic mass is 32.2. The second-order valence-electron chi connectivity index (χ2n) is 8.65. The first-order chi connectivity index (χ1) is 19.7. The number of nitro benzene ring substituents is 1. The average Bonchev–Trinajstić information content (AvgIpc) is 2.97. The lowest BCUT2D eigenvalue weighted by molar-refractivity contribution is -0.384. The second kappa shape index (κ2) is 12.9. The summed E-state index contributed by atoms with van der Waals surface area (Å²) in [4.78, 5) is 64.1. The number of hydrogen-bond donors (Lipinski definition) is 0. The summed E-state index contributed by atoms with van der Waals surface area (Å²) in [5, 5.41) is 9.76. The lowest BCUT2D eigenvalue weighted by Crippen LogP contribution is -2.65. The zero-order chi connectivity index (χ0) is 29.5. The van der Waals surface area contributed by atoms with Crippen molar-refractivity contribution in [2.45, 2.75) is 31.6 Å². The van der Waals surface area contributed by atoms with E-state index in [0.29, 0.717) is 17.4 Å². The Morgan fingerprint density at radius 3 is 2.41 bits per heavy atom. The van der Waals surface area contributed by atoms with Crippen molar-refractivity contribution in [1.82, 2.24) is 4.90 Å². The number of benzene rings is 2. The number of carbonyl (C=O) groups is 4. The minimum absolute atomic E-state index is 0.120. The quantitative estimate of drug-likeness (QED) is 0.0720. The van der Waals surface area contributed by atoms with Gasteiger partial charge in [-0.25, -0.2) is 9.59 Å². The molecule has 1 amide bonds. The van der Waals surface area contributed by atoms with Crippen LogP contribution in [0.4, 0.5) is 10.5 Å². The van der Waals surface area contributed by atoms with Gasteiger partial charge in [-0.1, -0.05) is 30.3 Å². The van der Waals surface area contributed by atoms with Crippen molar-refractivity contribution >= 4 is 46.8 Å². The molecular weight excluding hydrogens is 560 g/mol. The number of amides is 1. The van der Waals surface area contributed by atoms with Gasteiger partial charge in [0, 0.05) is 12.1 Å². The number of carbonyl (C=O) groups excluding carboxylic acids is 4. The molecule has 15 heteroatoms. The lowest BCUT2D eigenvalue weighted by atomic mass is 9.91. The number of fused-ring (bicyclic) bond motifs is 1. The zero-order valence-corrected chi connectivity index (χ0v) is 22.2. The molecule has 0 aromatic heterocycles. The molecule has 0 spiro atoms. The van der Waals surface area contributed by atoms with E-state index in [-0.39, 0.29) is 35.4 Å². The van der Waals surface area contributed by atoms with Crippen LogP contribution in [0.2, 0.25) is 0 Å². The molecule has 4 rings (SSSR count). The van der Waals surface area contributed by atoms with E-state index in [2.05, 4.69) is 4.79 Å². The number of non-ortho nitro benzene ring substituents is 1. The van der Waals surface area contributed by atoms with Gasteiger partial charge in [-0.2, -0.15) is 4.79 Å².